The zero-order chi connectivity index (χ0) is 19.3. The van der Waals surface area contributed by atoms with E-state index in [0.29, 0.717) is 17.2 Å². The maximum atomic E-state index is 11.1. The molecule has 2 aliphatic heterocycles. The molecule has 1 saturated carbocycles. The van der Waals surface area contributed by atoms with Crippen molar-refractivity contribution in [2.24, 2.45) is 0 Å². The number of ether oxygens (including phenoxy) is 3. The Labute approximate surface area is 162 Å². The van der Waals surface area contributed by atoms with Crippen LogP contribution >= 0.6 is 0 Å². The van der Waals surface area contributed by atoms with Crippen molar-refractivity contribution < 1.29 is 19.0 Å². The first kappa shape index (κ1) is 18.0. The average molecular weight is 387 g/mol. The number of aldehydes is 1. The van der Waals surface area contributed by atoms with Crippen LogP contribution in [0.3, 0.4) is 0 Å². The van der Waals surface area contributed by atoms with Crippen molar-refractivity contribution in [1.82, 2.24) is 19.5 Å². The van der Waals surface area contributed by atoms with Crippen LogP contribution in [0.2, 0.25) is 0 Å². The summed E-state index contributed by atoms with van der Waals surface area (Å²) in [4.78, 5) is 24.5. The van der Waals surface area contributed by atoms with Gasteiger partial charge in [0.25, 0.3) is 0 Å². The van der Waals surface area contributed by atoms with Crippen LogP contribution in [0.15, 0.2) is 12.7 Å². The molecule has 9 heteroatoms. The molecule has 1 N–H and O–H groups in total. The van der Waals surface area contributed by atoms with Crippen molar-refractivity contribution in [1.29, 1.82) is 0 Å². The van der Waals surface area contributed by atoms with Gasteiger partial charge in [0.05, 0.1) is 12.4 Å². The fourth-order valence-corrected chi connectivity index (χ4v) is 4.57. The third-order valence-corrected chi connectivity index (χ3v) is 5.78. The normalized spacial score (nSPS) is 32.1. The average Bonchev–Trinajstić information content (AvgIpc) is 3.41. The van der Waals surface area contributed by atoms with Crippen molar-refractivity contribution >= 4 is 23.3 Å². The van der Waals surface area contributed by atoms with E-state index < -0.39 is 12.0 Å². The van der Waals surface area contributed by atoms with E-state index in [9.17, 15) is 4.79 Å². The Bertz CT molecular complexity index is 878. The highest BCUT2D eigenvalue weighted by Crippen LogP contribution is 2.44. The number of rotatable bonds is 5. The second kappa shape index (κ2) is 6.75. The van der Waals surface area contributed by atoms with Gasteiger partial charge in [-0.15, -0.1) is 0 Å². The third kappa shape index (κ3) is 2.98. The molecule has 4 heterocycles. The van der Waals surface area contributed by atoms with Gasteiger partial charge in [0.2, 0.25) is 0 Å². The first-order chi connectivity index (χ1) is 13.6. The summed E-state index contributed by atoms with van der Waals surface area (Å²) in [7, 11) is 0. The van der Waals surface area contributed by atoms with Crippen molar-refractivity contribution in [3.05, 3.63) is 12.7 Å². The molecule has 150 valence electrons. The van der Waals surface area contributed by atoms with E-state index in [4.69, 9.17) is 14.2 Å². The molecular weight excluding hydrogens is 362 g/mol. The van der Waals surface area contributed by atoms with Crippen LogP contribution in [0.5, 0.6) is 0 Å². The molecule has 2 aromatic heterocycles. The quantitative estimate of drug-likeness (QED) is 0.779. The number of hydrogen-bond donors (Lipinski definition) is 1. The molecule has 2 saturated heterocycles. The van der Waals surface area contributed by atoms with Gasteiger partial charge >= 0.3 is 0 Å². The van der Waals surface area contributed by atoms with Gasteiger partial charge in [-0.05, 0) is 26.7 Å². The summed E-state index contributed by atoms with van der Waals surface area (Å²) in [6, 6.07) is 0.430. The van der Waals surface area contributed by atoms with Crippen molar-refractivity contribution in [3.63, 3.8) is 0 Å². The lowest BCUT2D eigenvalue weighted by Gasteiger charge is -2.24. The smallest absolute Gasteiger partial charge is 0.167 e. The summed E-state index contributed by atoms with van der Waals surface area (Å²) >= 11 is 0. The number of fused-ring (bicyclic) bond motifs is 2. The molecule has 1 unspecified atom stereocenters. The highest BCUT2D eigenvalue weighted by Gasteiger charge is 2.55. The molecule has 0 radical (unpaired) electrons. The highest BCUT2D eigenvalue weighted by molar-refractivity contribution is 5.82. The number of hydrogen-bond acceptors (Lipinski definition) is 8. The number of nitrogens with zero attached hydrogens (tertiary/aromatic N) is 4. The molecule has 0 spiro atoms. The fourth-order valence-electron chi connectivity index (χ4n) is 4.57. The van der Waals surface area contributed by atoms with E-state index in [-0.39, 0.29) is 24.7 Å². The molecule has 0 aromatic carbocycles. The maximum absolute atomic E-state index is 11.1. The minimum Gasteiger partial charge on any atom is -0.365 e. The standard InChI is InChI=1S/C19H25N5O4/c1-19(2)27-14-12(7-8-25)26-18(15(14)28-19)24-10-22-13-16(20-9-21-17(13)24)23-11-5-3-4-6-11/h8-12,14-15,18H,3-7H2,1-2H3,(H,20,21,23)/t12-,14-,15?,18-/m1/s1. The monoisotopic (exact) mass is 387 g/mol. The lowest BCUT2D eigenvalue weighted by atomic mass is 10.1. The van der Waals surface area contributed by atoms with E-state index in [0.717, 1.165) is 24.9 Å². The van der Waals surface area contributed by atoms with E-state index in [2.05, 4.69) is 20.3 Å². The molecule has 4 atom stereocenters. The van der Waals surface area contributed by atoms with E-state index >= 15 is 0 Å². The second-order valence-corrected chi connectivity index (χ2v) is 8.20. The molecule has 28 heavy (non-hydrogen) atoms. The first-order valence-corrected chi connectivity index (χ1v) is 9.94. The number of carbonyl (C=O) groups is 1. The van der Waals surface area contributed by atoms with Crippen molar-refractivity contribution in [2.45, 2.75) is 82.3 Å². The summed E-state index contributed by atoms with van der Waals surface area (Å²) in [5, 5.41) is 3.51. The number of imidazole rings is 1. The van der Waals surface area contributed by atoms with Gasteiger partial charge in [0.1, 0.15) is 24.8 Å². The number of anilines is 1. The largest absolute Gasteiger partial charge is 0.365 e. The van der Waals surface area contributed by atoms with Crippen LogP contribution in [0.25, 0.3) is 11.2 Å². The van der Waals surface area contributed by atoms with Crippen molar-refractivity contribution in [3.8, 4) is 0 Å². The predicted octanol–water partition coefficient (Wildman–Crippen LogP) is 2.19. The summed E-state index contributed by atoms with van der Waals surface area (Å²) in [5.74, 6) is 0.0255. The minimum absolute atomic E-state index is 0.257. The lowest BCUT2D eigenvalue weighted by molar-refractivity contribution is -0.196. The molecule has 3 aliphatic rings. The van der Waals surface area contributed by atoms with Crippen LogP contribution < -0.4 is 5.32 Å². The molecular formula is C19H25N5O4. The van der Waals surface area contributed by atoms with Gasteiger partial charge in [0, 0.05) is 12.5 Å². The van der Waals surface area contributed by atoms with Crippen LogP contribution in [-0.4, -0.2) is 55.9 Å². The van der Waals surface area contributed by atoms with E-state index in [1.165, 1.54) is 12.8 Å². The molecule has 9 nitrogen and oxygen atoms in total. The zero-order valence-corrected chi connectivity index (χ0v) is 16.1. The Morgan fingerprint density at radius 1 is 1.21 bits per heavy atom. The van der Waals surface area contributed by atoms with Gasteiger partial charge in [-0.2, -0.15) is 0 Å². The lowest BCUT2D eigenvalue weighted by Crippen LogP contribution is -2.29. The topological polar surface area (TPSA) is 100 Å². The predicted molar refractivity (Wildman–Crippen MR) is 99.6 cm³/mol. The summed E-state index contributed by atoms with van der Waals surface area (Å²) < 4.78 is 20.1. The number of aromatic nitrogens is 4. The Kier molecular flexibility index (Phi) is 4.33. The molecule has 0 amide bonds. The third-order valence-electron chi connectivity index (χ3n) is 5.78. The molecule has 3 fully saturated rings. The van der Waals surface area contributed by atoms with Crippen LogP contribution in [0, 0.1) is 0 Å². The SMILES string of the molecule is CC1(C)OC2[C@H](n3cnc4c(NC5CCCC5)ncnc43)O[C@H](CC=O)[C@H]2O1. The Morgan fingerprint density at radius 3 is 2.79 bits per heavy atom. The summed E-state index contributed by atoms with van der Waals surface area (Å²) in [6.45, 7) is 3.75. The molecule has 1 aliphatic carbocycles. The number of carbonyl (C=O) groups excluding carboxylic acids is 1. The second-order valence-electron chi connectivity index (χ2n) is 8.20. The number of nitrogens with one attached hydrogen (secondary N) is 1. The van der Waals surface area contributed by atoms with Crippen LogP contribution in [0.1, 0.15) is 52.2 Å². The van der Waals surface area contributed by atoms with Crippen LogP contribution in [-0.2, 0) is 19.0 Å². The van der Waals surface area contributed by atoms with Gasteiger partial charge in [-0.3, -0.25) is 4.57 Å². The minimum atomic E-state index is -0.723. The zero-order valence-electron chi connectivity index (χ0n) is 16.1. The van der Waals surface area contributed by atoms with E-state index in [1.54, 1.807) is 12.7 Å². The Balaban J connectivity index is 1.48. The molecule has 5 rings (SSSR count). The van der Waals surface area contributed by atoms with Crippen LogP contribution in [0.4, 0.5) is 5.82 Å². The first-order valence-electron chi connectivity index (χ1n) is 9.94. The summed E-state index contributed by atoms with van der Waals surface area (Å²) in [6.07, 6.45) is 7.69. The van der Waals surface area contributed by atoms with E-state index in [1.807, 2.05) is 18.4 Å². The van der Waals surface area contributed by atoms with Gasteiger partial charge < -0.3 is 24.3 Å². The fraction of sp³-hybridized carbons (Fsp3) is 0.684. The Hall–Kier alpha value is -2.10. The van der Waals surface area contributed by atoms with Gasteiger partial charge in [-0.1, -0.05) is 12.8 Å². The van der Waals surface area contributed by atoms with Crippen molar-refractivity contribution in [2.75, 3.05) is 5.32 Å². The van der Waals surface area contributed by atoms with Gasteiger partial charge in [-0.25, -0.2) is 15.0 Å². The van der Waals surface area contributed by atoms with Gasteiger partial charge in [0.15, 0.2) is 29.0 Å². The summed E-state index contributed by atoms with van der Waals surface area (Å²) in [5.41, 5.74) is 1.39. The molecule has 2 aromatic rings. The Morgan fingerprint density at radius 2 is 2.00 bits per heavy atom. The molecule has 0 bridgehead atoms. The highest BCUT2D eigenvalue weighted by atomic mass is 16.8. The maximum Gasteiger partial charge on any atom is 0.167 e.